The van der Waals surface area contributed by atoms with Crippen molar-refractivity contribution in [3.8, 4) is 0 Å². The van der Waals surface area contributed by atoms with Gasteiger partial charge in [0.1, 0.15) is 7.85 Å². The van der Waals surface area contributed by atoms with Crippen molar-refractivity contribution in [1.82, 2.24) is 5.32 Å². The van der Waals surface area contributed by atoms with Crippen LogP contribution in [0.25, 0.3) is 0 Å². The highest BCUT2D eigenvalue weighted by molar-refractivity contribution is 6.11. The van der Waals surface area contributed by atoms with E-state index in [1.165, 1.54) is 24.8 Å². The lowest BCUT2D eigenvalue weighted by molar-refractivity contribution is 0.587. The standard InChI is InChI=1S/C13H22BN/c1-2-3-7-10-15-13(14)11-12-8-5-4-6-9-12/h4-6,8-9,13,15H,2-3,7,10-11,14H2,1H3. The Morgan fingerprint density at radius 3 is 2.60 bits per heavy atom. The quantitative estimate of drug-likeness (QED) is 0.527. The number of nitrogens with one attached hydrogen (secondary N) is 1. The summed E-state index contributed by atoms with van der Waals surface area (Å²) in [5, 5.41) is 3.57. The highest BCUT2D eigenvalue weighted by Crippen LogP contribution is 2.01. The van der Waals surface area contributed by atoms with Crippen molar-refractivity contribution < 1.29 is 0 Å². The lowest BCUT2D eigenvalue weighted by atomic mass is 9.89. The zero-order valence-electron chi connectivity index (χ0n) is 10.00. The second-order valence-corrected chi connectivity index (χ2v) is 4.25. The molecule has 0 amide bonds. The maximum absolute atomic E-state index is 3.57. The molecule has 1 atom stereocenters. The van der Waals surface area contributed by atoms with Crippen LogP contribution in [0, 0.1) is 0 Å². The van der Waals surface area contributed by atoms with Crippen molar-refractivity contribution in [3.63, 3.8) is 0 Å². The second kappa shape index (κ2) is 7.53. The summed E-state index contributed by atoms with van der Waals surface area (Å²) in [7, 11) is 2.26. The van der Waals surface area contributed by atoms with Gasteiger partial charge in [0.2, 0.25) is 0 Å². The third-order valence-electron chi connectivity index (χ3n) is 2.66. The van der Waals surface area contributed by atoms with E-state index in [9.17, 15) is 0 Å². The molecule has 0 aliphatic carbocycles. The van der Waals surface area contributed by atoms with E-state index in [2.05, 4.69) is 50.4 Å². The number of rotatable bonds is 7. The van der Waals surface area contributed by atoms with Crippen LogP contribution in [-0.2, 0) is 6.42 Å². The Morgan fingerprint density at radius 2 is 1.93 bits per heavy atom. The van der Waals surface area contributed by atoms with Crippen LogP contribution in [0.15, 0.2) is 30.3 Å². The van der Waals surface area contributed by atoms with E-state index in [-0.39, 0.29) is 0 Å². The first-order valence-corrected chi connectivity index (χ1v) is 6.10. The summed E-state index contributed by atoms with van der Waals surface area (Å²) in [6.07, 6.45) is 5.07. The predicted octanol–water partition coefficient (Wildman–Crippen LogP) is 1.97. The van der Waals surface area contributed by atoms with E-state index in [0.717, 1.165) is 13.0 Å². The maximum Gasteiger partial charge on any atom is 0.123 e. The molecule has 1 aromatic rings. The molecule has 1 aromatic carbocycles. The van der Waals surface area contributed by atoms with Crippen molar-refractivity contribution in [2.45, 2.75) is 38.5 Å². The summed E-state index contributed by atoms with van der Waals surface area (Å²) in [4.78, 5) is 0. The van der Waals surface area contributed by atoms with E-state index in [1.807, 2.05) is 0 Å². The molecule has 2 heteroatoms. The van der Waals surface area contributed by atoms with Gasteiger partial charge in [0.15, 0.2) is 0 Å². The smallest absolute Gasteiger partial charge is 0.123 e. The molecule has 0 aromatic heterocycles. The van der Waals surface area contributed by atoms with E-state index in [4.69, 9.17) is 0 Å². The number of benzene rings is 1. The highest BCUT2D eigenvalue weighted by atomic mass is 14.9. The van der Waals surface area contributed by atoms with Crippen molar-refractivity contribution in [2.75, 3.05) is 6.54 Å². The van der Waals surface area contributed by atoms with Gasteiger partial charge < -0.3 is 5.32 Å². The molecular weight excluding hydrogens is 181 g/mol. The minimum Gasteiger partial charge on any atom is -0.321 e. The first kappa shape index (κ1) is 12.3. The number of hydrogen-bond donors (Lipinski definition) is 1. The number of unbranched alkanes of at least 4 members (excludes halogenated alkanes) is 2. The third-order valence-corrected chi connectivity index (χ3v) is 2.66. The molecule has 0 fully saturated rings. The molecule has 0 radical (unpaired) electrons. The average Bonchev–Trinajstić information content (AvgIpc) is 2.26. The molecule has 0 saturated heterocycles. The van der Waals surface area contributed by atoms with Gasteiger partial charge >= 0.3 is 0 Å². The van der Waals surface area contributed by atoms with Crippen LogP contribution in [-0.4, -0.2) is 20.3 Å². The van der Waals surface area contributed by atoms with Gasteiger partial charge in [-0.1, -0.05) is 50.1 Å². The van der Waals surface area contributed by atoms with Gasteiger partial charge in [0.25, 0.3) is 0 Å². The van der Waals surface area contributed by atoms with Crippen molar-refractivity contribution >= 4 is 7.85 Å². The van der Waals surface area contributed by atoms with Crippen molar-refractivity contribution in [1.29, 1.82) is 0 Å². The van der Waals surface area contributed by atoms with Crippen LogP contribution in [0.2, 0.25) is 0 Å². The molecule has 0 aliphatic rings. The predicted molar refractivity (Wildman–Crippen MR) is 70.0 cm³/mol. The second-order valence-electron chi connectivity index (χ2n) is 4.25. The van der Waals surface area contributed by atoms with Gasteiger partial charge in [-0.05, 0) is 30.9 Å². The SMILES string of the molecule is BC(Cc1ccccc1)NCCCCC. The number of hydrogen-bond acceptors (Lipinski definition) is 1. The fourth-order valence-electron chi connectivity index (χ4n) is 1.76. The molecule has 0 heterocycles. The maximum atomic E-state index is 3.57. The summed E-state index contributed by atoms with van der Waals surface area (Å²) in [6, 6.07) is 10.7. The van der Waals surface area contributed by atoms with Crippen molar-refractivity contribution in [2.24, 2.45) is 0 Å². The molecule has 1 N–H and O–H groups in total. The van der Waals surface area contributed by atoms with Crippen LogP contribution >= 0.6 is 0 Å². The minimum atomic E-state index is 0.587. The average molecular weight is 203 g/mol. The molecule has 0 saturated carbocycles. The van der Waals surface area contributed by atoms with Crippen LogP contribution in [0.4, 0.5) is 0 Å². The topological polar surface area (TPSA) is 12.0 Å². The minimum absolute atomic E-state index is 0.587. The molecule has 82 valence electrons. The van der Waals surface area contributed by atoms with E-state index in [1.54, 1.807) is 0 Å². The Labute approximate surface area is 94.7 Å². The summed E-state index contributed by atoms with van der Waals surface area (Å²) in [5.41, 5.74) is 1.42. The van der Waals surface area contributed by atoms with Crippen LogP contribution in [0.1, 0.15) is 31.7 Å². The normalized spacial score (nSPS) is 12.6. The Bertz CT molecular complexity index is 248. The zero-order chi connectivity index (χ0) is 10.9. The van der Waals surface area contributed by atoms with Gasteiger partial charge in [-0.3, -0.25) is 0 Å². The molecule has 1 rings (SSSR count). The molecule has 0 spiro atoms. The molecule has 0 bridgehead atoms. The van der Waals surface area contributed by atoms with E-state index >= 15 is 0 Å². The molecule has 1 unspecified atom stereocenters. The summed E-state index contributed by atoms with van der Waals surface area (Å²) >= 11 is 0. The Morgan fingerprint density at radius 1 is 1.20 bits per heavy atom. The molecule has 1 nitrogen and oxygen atoms in total. The Hall–Kier alpha value is -0.755. The highest BCUT2D eigenvalue weighted by Gasteiger charge is 2.01. The largest absolute Gasteiger partial charge is 0.321 e. The first-order chi connectivity index (χ1) is 7.33. The Kier molecular flexibility index (Phi) is 6.18. The molecular formula is C13H22BN. The van der Waals surface area contributed by atoms with Crippen molar-refractivity contribution in [3.05, 3.63) is 35.9 Å². The fraction of sp³-hybridized carbons (Fsp3) is 0.538. The van der Waals surface area contributed by atoms with Gasteiger partial charge in [-0.2, -0.15) is 0 Å². The van der Waals surface area contributed by atoms with E-state index < -0.39 is 0 Å². The van der Waals surface area contributed by atoms with Gasteiger partial charge in [0, 0.05) is 0 Å². The van der Waals surface area contributed by atoms with E-state index in [0.29, 0.717) is 5.94 Å². The lowest BCUT2D eigenvalue weighted by Gasteiger charge is -2.13. The third kappa shape index (κ3) is 5.63. The van der Waals surface area contributed by atoms with Gasteiger partial charge in [0.05, 0.1) is 0 Å². The van der Waals surface area contributed by atoms with Gasteiger partial charge in [-0.15, -0.1) is 0 Å². The van der Waals surface area contributed by atoms with Crippen LogP contribution in [0.5, 0.6) is 0 Å². The molecule has 15 heavy (non-hydrogen) atoms. The summed E-state index contributed by atoms with van der Waals surface area (Å²) in [5.74, 6) is 0.587. The first-order valence-electron chi connectivity index (χ1n) is 6.10. The van der Waals surface area contributed by atoms with Crippen LogP contribution in [0.3, 0.4) is 0 Å². The van der Waals surface area contributed by atoms with Crippen LogP contribution < -0.4 is 5.32 Å². The molecule has 0 aliphatic heterocycles. The summed E-state index contributed by atoms with van der Waals surface area (Å²) in [6.45, 7) is 3.40. The zero-order valence-corrected chi connectivity index (χ0v) is 10.00. The summed E-state index contributed by atoms with van der Waals surface area (Å²) < 4.78 is 0. The monoisotopic (exact) mass is 203 g/mol. The fourth-order valence-corrected chi connectivity index (χ4v) is 1.76. The van der Waals surface area contributed by atoms with Gasteiger partial charge in [-0.25, -0.2) is 0 Å². The lowest BCUT2D eigenvalue weighted by Crippen LogP contribution is -2.32. The Balaban J connectivity index is 2.16.